The highest BCUT2D eigenvalue weighted by Crippen LogP contribution is 2.30. The molecular weight excluding hydrogens is 258 g/mol. The third-order valence-corrected chi connectivity index (χ3v) is 4.26. The van der Waals surface area contributed by atoms with Crippen LogP contribution in [0, 0.1) is 0 Å². The van der Waals surface area contributed by atoms with E-state index in [2.05, 4.69) is 21.5 Å². The van der Waals surface area contributed by atoms with Gasteiger partial charge < -0.3 is 9.84 Å². The highest BCUT2D eigenvalue weighted by Gasteiger charge is 2.21. The first-order valence-electron chi connectivity index (χ1n) is 6.43. The topological polar surface area (TPSA) is 51.0 Å². The predicted molar refractivity (Wildman–Crippen MR) is 75.0 cm³/mol. The summed E-state index contributed by atoms with van der Waals surface area (Å²) in [7, 11) is 0. The molecule has 19 heavy (non-hydrogen) atoms. The Kier molecular flexibility index (Phi) is 2.60. The van der Waals surface area contributed by atoms with Crippen LogP contribution in [0.5, 0.6) is 0 Å². The lowest BCUT2D eigenvalue weighted by Crippen LogP contribution is -2.15. The second kappa shape index (κ2) is 4.43. The number of nitrogens with one attached hydrogen (secondary N) is 1. The Bertz CT molecular complexity index is 681. The van der Waals surface area contributed by atoms with E-state index >= 15 is 0 Å². The van der Waals surface area contributed by atoms with Crippen LogP contribution in [0.3, 0.4) is 0 Å². The van der Waals surface area contributed by atoms with Gasteiger partial charge in [0.05, 0.1) is 15.9 Å². The molecule has 1 fully saturated rings. The highest BCUT2D eigenvalue weighted by molar-refractivity contribution is 7.21. The number of nitrogens with zero attached hydrogens (tertiary/aromatic N) is 2. The van der Waals surface area contributed by atoms with E-state index < -0.39 is 0 Å². The minimum Gasteiger partial charge on any atom is -0.353 e. The van der Waals surface area contributed by atoms with Crippen molar-refractivity contribution in [1.29, 1.82) is 0 Å². The van der Waals surface area contributed by atoms with Crippen molar-refractivity contribution < 1.29 is 4.52 Å². The molecule has 0 amide bonds. The Balaban J connectivity index is 1.60. The van der Waals surface area contributed by atoms with Gasteiger partial charge in [0.15, 0.2) is 10.8 Å². The van der Waals surface area contributed by atoms with Gasteiger partial charge in [-0.1, -0.05) is 17.3 Å². The lowest BCUT2D eigenvalue weighted by molar-refractivity contribution is 0.420. The second-order valence-corrected chi connectivity index (χ2v) is 5.86. The molecule has 4 rings (SSSR count). The molecule has 96 valence electrons. The number of para-hydroxylation sites is 1. The average molecular weight is 271 g/mol. The molecule has 2 aromatic heterocycles. The van der Waals surface area contributed by atoms with Crippen molar-refractivity contribution in [2.45, 2.75) is 25.4 Å². The number of thiazole rings is 1. The molecule has 1 aromatic carbocycles. The van der Waals surface area contributed by atoms with Gasteiger partial charge in [0, 0.05) is 18.7 Å². The summed E-state index contributed by atoms with van der Waals surface area (Å²) in [5.74, 6) is 0.758. The van der Waals surface area contributed by atoms with Crippen LogP contribution >= 0.6 is 11.3 Å². The van der Waals surface area contributed by atoms with Crippen molar-refractivity contribution in [2.75, 3.05) is 0 Å². The fourth-order valence-electron chi connectivity index (χ4n) is 2.01. The van der Waals surface area contributed by atoms with Crippen LogP contribution in [0.1, 0.15) is 18.5 Å². The van der Waals surface area contributed by atoms with Crippen molar-refractivity contribution in [3.05, 3.63) is 36.0 Å². The number of fused-ring (bicyclic) bond motifs is 1. The standard InChI is InChI=1S/C14H13N3OS/c1-2-4-13-11(3-1)16-14(19-13)12-7-10(17-18-12)8-15-9-5-6-9/h1-4,7,9,15H,5-6,8H2. The Morgan fingerprint density at radius 3 is 3.05 bits per heavy atom. The zero-order valence-corrected chi connectivity index (χ0v) is 11.1. The third-order valence-electron chi connectivity index (χ3n) is 3.21. The van der Waals surface area contributed by atoms with E-state index in [-0.39, 0.29) is 0 Å². The first kappa shape index (κ1) is 11.1. The first-order valence-corrected chi connectivity index (χ1v) is 7.25. The molecule has 0 saturated heterocycles. The maximum Gasteiger partial charge on any atom is 0.195 e. The SMILES string of the molecule is c1ccc2sc(-c3cc(CNC4CC4)no3)nc2c1. The summed E-state index contributed by atoms with van der Waals surface area (Å²) >= 11 is 1.64. The number of hydrogen-bond donors (Lipinski definition) is 1. The Labute approximate surface area is 114 Å². The van der Waals surface area contributed by atoms with E-state index in [9.17, 15) is 0 Å². The van der Waals surface area contributed by atoms with Crippen LogP contribution < -0.4 is 5.32 Å². The van der Waals surface area contributed by atoms with Crippen LogP contribution in [0.4, 0.5) is 0 Å². The van der Waals surface area contributed by atoms with Gasteiger partial charge in [0.1, 0.15) is 0 Å². The molecule has 0 atom stereocenters. The molecule has 0 bridgehead atoms. The predicted octanol–water partition coefficient (Wildman–Crippen LogP) is 3.20. The van der Waals surface area contributed by atoms with Crippen LogP contribution in [0.15, 0.2) is 34.9 Å². The molecule has 1 aliphatic carbocycles. The molecule has 2 heterocycles. The van der Waals surface area contributed by atoms with Gasteiger partial charge in [-0.3, -0.25) is 0 Å². The normalized spacial score (nSPS) is 15.2. The smallest absolute Gasteiger partial charge is 0.195 e. The van der Waals surface area contributed by atoms with Crippen LogP contribution in [-0.4, -0.2) is 16.2 Å². The van der Waals surface area contributed by atoms with Crippen molar-refractivity contribution >= 4 is 21.6 Å². The zero-order valence-electron chi connectivity index (χ0n) is 10.3. The first-order chi connectivity index (χ1) is 9.38. The maximum absolute atomic E-state index is 5.39. The van der Waals surface area contributed by atoms with Crippen LogP contribution in [0.25, 0.3) is 21.0 Å². The molecule has 1 aliphatic rings. The Morgan fingerprint density at radius 2 is 2.21 bits per heavy atom. The summed E-state index contributed by atoms with van der Waals surface area (Å²) in [6.45, 7) is 0.777. The largest absolute Gasteiger partial charge is 0.353 e. The van der Waals surface area contributed by atoms with Crippen molar-refractivity contribution in [1.82, 2.24) is 15.5 Å². The molecule has 4 nitrogen and oxygen atoms in total. The Morgan fingerprint density at radius 1 is 1.32 bits per heavy atom. The van der Waals surface area contributed by atoms with Gasteiger partial charge in [-0.25, -0.2) is 4.98 Å². The van der Waals surface area contributed by atoms with Gasteiger partial charge in [0.2, 0.25) is 0 Å². The maximum atomic E-state index is 5.39. The summed E-state index contributed by atoms with van der Waals surface area (Å²) < 4.78 is 6.56. The van der Waals surface area contributed by atoms with Gasteiger partial charge in [0.25, 0.3) is 0 Å². The molecule has 0 aliphatic heterocycles. The summed E-state index contributed by atoms with van der Waals surface area (Å²) in [6, 6.07) is 10.8. The summed E-state index contributed by atoms with van der Waals surface area (Å²) in [5.41, 5.74) is 1.96. The van der Waals surface area contributed by atoms with Gasteiger partial charge >= 0.3 is 0 Å². The van der Waals surface area contributed by atoms with Crippen LogP contribution in [0.2, 0.25) is 0 Å². The average Bonchev–Trinajstić information content (AvgIpc) is 2.99. The van der Waals surface area contributed by atoms with Crippen molar-refractivity contribution in [3.63, 3.8) is 0 Å². The molecule has 0 spiro atoms. The highest BCUT2D eigenvalue weighted by atomic mass is 32.1. The van der Waals surface area contributed by atoms with Crippen molar-refractivity contribution in [2.24, 2.45) is 0 Å². The third kappa shape index (κ3) is 2.27. The molecule has 1 N–H and O–H groups in total. The second-order valence-electron chi connectivity index (χ2n) is 4.82. The number of aromatic nitrogens is 2. The summed E-state index contributed by atoms with van der Waals surface area (Å²) in [6.07, 6.45) is 2.56. The minimum atomic E-state index is 0.683. The van der Waals surface area contributed by atoms with E-state index in [1.165, 1.54) is 17.5 Å². The molecule has 5 heteroatoms. The van der Waals surface area contributed by atoms with Crippen molar-refractivity contribution in [3.8, 4) is 10.8 Å². The molecule has 0 unspecified atom stereocenters. The number of benzene rings is 1. The minimum absolute atomic E-state index is 0.683. The Hall–Kier alpha value is -1.72. The molecule has 3 aromatic rings. The quantitative estimate of drug-likeness (QED) is 0.791. The van der Waals surface area contributed by atoms with E-state index in [0.717, 1.165) is 28.5 Å². The van der Waals surface area contributed by atoms with E-state index in [1.54, 1.807) is 11.3 Å². The van der Waals surface area contributed by atoms with E-state index in [0.29, 0.717) is 6.04 Å². The monoisotopic (exact) mass is 271 g/mol. The molecule has 0 radical (unpaired) electrons. The molecule has 1 saturated carbocycles. The number of hydrogen-bond acceptors (Lipinski definition) is 5. The van der Waals surface area contributed by atoms with Crippen LogP contribution in [-0.2, 0) is 6.54 Å². The summed E-state index contributed by atoms with van der Waals surface area (Å²) in [5, 5.41) is 8.41. The van der Waals surface area contributed by atoms with Gasteiger partial charge in [-0.2, -0.15) is 0 Å². The van der Waals surface area contributed by atoms with E-state index in [4.69, 9.17) is 4.52 Å². The number of rotatable bonds is 4. The lowest BCUT2D eigenvalue weighted by Gasteiger charge is -1.95. The fourth-order valence-corrected chi connectivity index (χ4v) is 2.92. The molecular formula is C14H13N3OS. The van der Waals surface area contributed by atoms with Gasteiger partial charge in [-0.05, 0) is 25.0 Å². The zero-order chi connectivity index (χ0) is 12.7. The van der Waals surface area contributed by atoms with Gasteiger partial charge in [-0.15, -0.1) is 11.3 Å². The lowest BCUT2D eigenvalue weighted by atomic mass is 10.3. The summed E-state index contributed by atoms with van der Waals surface area (Å²) in [4.78, 5) is 4.57. The van der Waals surface area contributed by atoms with E-state index in [1.807, 2.05) is 24.3 Å². The fraction of sp³-hybridized carbons (Fsp3) is 0.286.